The Hall–Kier alpha value is -3.22. The van der Waals surface area contributed by atoms with Gasteiger partial charge in [0, 0.05) is 36.4 Å². The molecule has 1 saturated heterocycles. The minimum Gasteiger partial charge on any atom is -0.377 e. The van der Waals surface area contributed by atoms with Crippen LogP contribution in [0.25, 0.3) is 11.4 Å². The SMILES string of the molecule is CCCC(C)CCCNC(=O)Nc1ccc(-c2nc3c(c(N4CCOCC4C)n2)CCN(CC)C3CC#N)cc1. The fourth-order valence-electron chi connectivity index (χ4n) is 5.86. The second kappa shape index (κ2) is 14.4. The van der Waals surface area contributed by atoms with Crippen molar-refractivity contribution in [3.05, 3.63) is 35.5 Å². The molecule has 2 aliphatic heterocycles. The summed E-state index contributed by atoms with van der Waals surface area (Å²) in [7, 11) is 0. The number of carbonyl (C=O) groups excluding carboxylic acids is 1. The molecule has 216 valence electrons. The molecule has 4 rings (SSSR count). The van der Waals surface area contributed by atoms with E-state index < -0.39 is 0 Å². The highest BCUT2D eigenvalue weighted by molar-refractivity contribution is 5.89. The molecule has 0 radical (unpaired) electrons. The highest BCUT2D eigenvalue weighted by Gasteiger charge is 2.33. The molecule has 2 N–H and O–H groups in total. The number of ether oxygens (including phenoxy) is 1. The first-order valence-electron chi connectivity index (χ1n) is 15.0. The number of morpholine rings is 1. The number of amides is 2. The van der Waals surface area contributed by atoms with Crippen LogP contribution in [0.1, 0.15) is 77.1 Å². The molecule has 0 saturated carbocycles. The Morgan fingerprint density at radius 2 is 2.00 bits per heavy atom. The molecule has 3 atom stereocenters. The van der Waals surface area contributed by atoms with Gasteiger partial charge in [0.05, 0.1) is 43.5 Å². The molecule has 2 aliphatic rings. The fraction of sp³-hybridized carbons (Fsp3) is 0.613. The van der Waals surface area contributed by atoms with E-state index >= 15 is 0 Å². The minimum absolute atomic E-state index is 0.0507. The van der Waals surface area contributed by atoms with E-state index in [-0.39, 0.29) is 18.1 Å². The van der Waals surface area contributed by atoms with Crippen molar-refractivity contribution in [2.24, 2.45) is 5.92 Å². The lowest BCUT2D eigenvalue weighted by molar-refractivity contribution is 0.0982. The van der Waals surface area contributed by atoms with Crippen LogP contribution < -0.4 is 15.5 Å². The molecule has 0 aliphatic carbocycles. The van der Waals surface area contributed by atoms with Crippen LogP contribution in [0.15, 0.2) is 24.3 Å². The highest BCUT2D eigenvalue weighted by atomic mass is 16.5. The number of fused-ring (bicyclic) bond motifs is 1. The van der Waals surface area contributed by atoms with Gasteiger partial charge in [0.2, 0.25) is 0 Å². The smallest absolute Gasteiger partial charge is 0.319 e. The van der Waals surface area contributed by atoms with Gasteiger partial charge >= 0.3 is 6.03 Å². The lowest BCUT2D eigenvalue weighted by atomic mass is 9.95. The molecule has 1 aromatic carbocycles. The van der Waals surface area contributed by atoms with Crippen molar-refractivity contribution in [2.75, 3.05) is 49.6 Å². The predicted molar refractivity (Wildman–Crippen MR) is 159 cm³/mol. The van der Waals surface area contributed by atoms with Crippen molar-refractivity contribution in [3.63, 3.8) is 0 Å². The monoisotopic (exact) mass is 547 g/mol. The van der Waals surface area contributed by atoms with Crippen LogP contribution in [0, 0.1) is 17.2 Å². The molecule has 3 unspecified atom stereocenters. The van der Waals surface area contributed by atoms with Crippen molar-refractivity contribution >= 4 is 17.5 Å². The average molecular weight is 548 g/mol. The third-order valence-corrected chi connectivity index (χ3v) is 8.09. The number of rotatable bonds is 11. The summed E-state index contributed by atoms with van der Waals surface area (Å²) in [5.41, 5.74) is 3.72. The molecule has 40 heavy (non-hydrogen) atoms. The van der Waals surface area contributed by atoms with E-state index in [1.54, 1.807) is 0 Å². The summed E-state index contributed by atoms with van der Waals surface area (Å²) in [6.07, 6.45) is 5.79. The number of aromatic nitrogens is 2. The van der Waals surface area contributed by atoms with Crippen molar-refractivity contribution < 1.29 is 9.53 Å². The number of nitriles is 1. The maximum absolute atomic E-state index is 12.4. The summed E-state index contributed by atoms with van der Waals surface area (Å²) in [6, 6.07) is 10.0. The van der Waals surface area contributed by atoms with Gasteiger partial charge in [-0.1, -0.05) is 33.6 Å². The number of nitrogens with zero attached hydrogens (tertiary/aromatic N) is 5. The number of urea groups is 1. The zero-order valence-corrected chi connectivity index (χ0v) is 24.6. The maximum Gasteiger partial charge on any atom is 0.319 e. The molecule has 0 bridgehead atoms. The Morgan fingerprint density at radius 1 is 1.20 bits per heavy atom. The van der Waals surface area contributed by atoms with Gasteiger partial charge in [0.1, 0.15) is 5.82 Å². The molecule has 9 heteroatoms. The van der Waals surface area contributed by atoms with E-state index in [2.05, 4.69) is 54.2 Å². The summed E-state index contributed by atoms with van der Waals surface area (Å²) >= 11 is 0. The van der Waals surface area contributed by atoms with E-state index in [4.69, 9.17) is 14.7 Å². The average Bonchev–Trinajstić information content (AvgIpc) is 2.96. The predicted octanol–water partition coefficient (Wildman–Crippen LogP) is 5.54. The molecule has 0 spiro atoms. The van der Waals surface area contributed by atoms with Gasteiger partial charge < -0.3 is 20.3 Å². The number of benzene rings is 1. The third-order valence-electron chi connectivity index (χ3n) is 8.09. The van der Waals surface area contributed by atoms with Gasteiger partial charge in [-0.05, 0) is 62.9 Å². The van der Waals surface area contributed by atoms with Gasteiger partial charge in [-0.25, -0.2) is 14.8 Å². The van der Waals surface area contributed by atoms with Gasteiger partial charge in [0.15, 0.2) is 5.82 Å². The quantitative estimate of drug-likeness (QED) is 0.356. The van der Waals surface area contributed by atoms with Crippen LogP contribution in [0.2, 0.25) is 0 Å². The molecule has 1 aromatic heterocycles. The maximum atomic E-state index is 12.4. The third kappa shape index (κ3) is 7.29. The summed E-state index contributed by atoms with van der Waals surface area (Å²) in [4.78, 5) is 27.3. The summed E-state index contributed by atoms with van der Waals surface area (Å²) in [5, 5.41) is 15.5. The molecule has 1 fully saturated rings. The normalized spacial score (nSPS) is 19.9. The molecule has 2 amide bonds. The van der Waals surface area contributed by atoms with Crippen molar-refractivity contribution in [1.82, 2.24) is 20.2 Å². The molecule has 3 heterocycles. The first-order valence-corrected chi connectivity index (χ1v) is 15.0. The van der Waals surface area contributed by atoms with Crippen LogP contribution >= 0.6 is 0 Å². The minimum atomic E-state index is -0.191. The molecular formula is C31H45N7O2. The number of hydrogen-bond donors (Lipinski definition) is 2. The fourth-order valence-corrected chi connectivity index (χ4v) is 5.86. The first-order chi connectivity index (χ1) is 19.4. The largest absolute Gasteiger partial charge is 0.377 e. The van der Waals surface area contributed by atoms with Gasteiger partial charge in [-0.15, -0.1) is 0 Å². The number of hydrogen-bond acceptors (Lipinski definition) is 7. The molecule has 9 nitrogen and oxygen atoms in total. The molecular weight excluding hydrogens is 502 g/mol. The van der Waals surface area contributed by atoms with Crippen molar-refractivity contribution in [1.29, 1.82) is 5.26 Å². The first kappa shape index (κ1) is 29.8. The van der Waals surface area contributed by atoms with Crippen LogP contribution in [-0.4, -0.2) is 66.3 Å². The Morgan fingerprint density at radius 3 is 2.70 bits per heavy atom. The number of nitrogens with one attached hydrogen (secondary N) is 2. The van der Waals surface area contributed by atoms with Crippen LogP contribution in [0.4, 0.5) is 16.3 Å². The van der Waals surface area contributed by atoms with Gasteiger partial charge in [0.25, 0.3) is 0 Å². The van der Waals surface area contributed by atoms with E-state index in [9.17, 15) is 10.1 Å². The Kier molecular flexibility index (Phi) is 10.7. The van der Waals surface area contributed by atoms with Crippen molar-refractivity contribution in [3.8, 4) is 17.5 Å². The summed E-state index contributed by atoms with van der Waals surface area (Å²) in [6.45, 7) is 13.3. The zero-order chi connectivity index (χ0) is 28.5. The zero-order valence-electron chi connectivity index (χ0n) is 24.6. The van der Waals surface area contributed by atoms with Crippen LogP contribution in [0.5, 0.6) is 0 Å². The number of anilines is 2. The van der Waals surface area contributed by atoms with Crippen LogP contribution in [-0.2, 0) is 11.2 Å². The number of likely N-dealkylation sites (N-methyl/N-ethyl adjacent to an activating group) is 1. The standard InChI is InChI=1S/C31H45N7O2/c1-5-8-22(3)9-7-17-33-31(39)34-25-12-10-24(11-13-25)29-35-28-26(15-18-37(6-2)27(28)14-16-32)30(36-29)38-19-20-40-21-23(38)4/h10-13,22-23,27H,5-9,14-15,17-21H2,1-4H3,(H2,33,34,39). The van der Waals surface area contributed by atoms with Crippen LogP contribution in [0.3, 0.4) is 0 Å². The second-order valence-corrected chi connectivity index (χ2v) is 11.1. The lowest BCUT2D eigenvalue weighted by Gasteiger charge is -2.40. The Bertz CT molecular complexity index is 1160. The second-order valence-electron chi connectivity index (χ2n) is 11.1. The summed E-state index contributed by atoms with van der Waals surface area (Å²) in [5.74, 6) is 2.30. The molecule has 2 aromatic rings. The van der Waals surface area contributed by atoms with Gasteiger partial charge in [-0.3, -0.25) is 4.90 Å². The summed E-state index contributed by atoms with van der Waals surface area (Å²) < 4.78 is 5.71. The topological polar surface area (TPSA) is 106 Å². The number of carbonyl (C=O) groups is 1. The van der Waals surface area contributed by atoms with E-state index in [0.717, 1.165) is 67.2 Å². The van der Waals surface area contributed by atoms with Crippen molar-refractivity contribution in [2.45, 2.75) is 78.3 Å². The van der Waals surface area contributed by atoms with E-state index in [1.807, 2.05) is 24.3 Å². The lowest BCUT2D eigenvalue weighted by Crippen LogP contribution is -2.46. The van der Waals surface area contributed by atoms with E-state index in [1.165, 1.54) is 12.8 Å². The highest BCUT2D eigenvalue weighted by Crippen LogP contribution is 2.37. The Balaban J connectivity index is 1.53. The Labute approximate surface area is 239 Å². The van der Waals surface area contributed by atoms with Gasteiger partial charge in [-0.2, -0.15) is 5.26 Å². The van der Waals surface area contributed by atoms with E-state index in [0.29, 0.717) is 37.9 Å².